The second-order valence-corrected chi connectivity index (χ2v) is 13.2. The molecule has 0 aromatic heterocycles. The molecule has 14 heteroatoms. The van der Waals surface area contributed by atoms with Crippen LogP contribution in [0, 0.1) is 111 Å². The van der Waals surface area contributed by atoms with Crippen molar-refractivity contribution in [2.75, 3.05) is 6.61 Å². The molecule has 1 amide bonds. The van der Waals surface area contributed by atoms with Gasteiger partial charge in [-0.1, -0.05) is 13.8 Å². The van der Waals surface area contributed by atoms with Crippen molar-refractivity contribution in [3.63, 3.8) is 0 Å². The zero-order valence-corrected chi connectivity index (χ0v) is 35.5. The Morgan fingerprint density at radius 1 is 1.05 bits per heavy atom. The van der Waals surface area contributed by atoms with Gasteiger partial charge in [0.2, 0.25) is 5.91 Å². The van der Waals surface area contributed by atoms with E-state index in [1.54, 1.807) is 34.6 Å². The predicted octanol–water partition coefficient (Wildman–Crippen LogP) is -0.0713. The third kappa shape index (κ3) is 6.15. The maximum atomic E-state index is 14.2. The van der Waals surface area contributed by atoms with Gasteiger partial charge in [0, 0.05) is 132 Å². The SMILES string of the molecule is CC(=O)N[C@@H](C)C(C)C(=O)OC1C[C@@]2(O)[C@@H](OC(C)=O)[C@@H]3[C@]4(O)CO[C@@H]4C[C@H](O)[C@@]3(C)C(=O)[C@H](O)C(=C1C)C2(C)C.[Ac].[Ac]. The van der Waals surface area contributed by atoms with E-state index < -0.39 is 88.2 Å². The van der Waals surface area contributed by atoms with E-state index in [-0.39, 0.29) is 119 Å². The van der Waals surface area contributed by atoms with Gasteiger partial charge in [0.05, 0.1) is 30.1 Å². The van der Waals surface area contributed by atoms with E-state index in [1.165, 1.54) is 13.8 Å². The minimum atomic E-state index is -2.09. The van der Waals surface area contributed by atoms with E-state index in [4.69, 9.17) is 14.2 Å². The van der Waals surface area contributed by atoms with E-state index in [0.29, 0.717) is 5.57 Å². The van der Waals surface area contributed by atoms with Crippen LogP contribution in [0.2, 0.25) is 0 Å². The minimum absolute atomic E-state index is 0. The number of rotatable bonds is 5. The van der Waals surface area contributed by atoms with Crippen LogP contribution < -0.4 is 5.32 Å². The molecule has 1 saturated heterocycles. The number of amides is 1. The summed E-state index contributed by atoms with van der Waals surface area (Å²) in [6, 6.07) is -0.572. The summed E-state index contributed by atoms with van der Waals surface area (Å²) in [5.41, 5.74) is -6.70. The van der Waals surface area contributed by atoms with Crippen LogP contribution in [0.4, 0.5) is 0 Å². The molecule has 43 heavy (non-hydrogen) atoms. The molecule has 0 spiro atoms. The molecule has 236 valence electrons. The van der Waals surface area contributed by atoms with Crippen LogP contribution in [0.15, 0.2) is 11.1 Å². The Morgan fingerprint density at radius 2 is 1.63 bits per heavy atom. The van der Waals surface area contributed by atoms with E-state index in [1.807, 2.05) is 0 Å². The summed E-state index contributed by atoms with van der Waals surface area (Å²) in [5.74, 6) is -4.78. The van der Waals surface area contributed by atoms with Gasteiger partial charge in [0.1, 0.15) is 29.5 Å². The smallest absolute Gasteiger partial charge is 0.311 e. The maximum Gasteiger partial charge on any atom is 0.311 e. The average molecular weight is 1040 g/mol. The quantitative estimate of drug-likeness (QED) is 0.183. The fraction of sp³-hybridized carbons (Fsp3) is 0.793. The van der Waals surface area contributed by atoms with E-state index in [0.717, 1.165) is 6.92 Å². The molecule has 11 atom stereocenters. The van der Waals surface area contributed by atoms with Crippen LogP contribution in [0.25, 0.3) is 0 Å². The first-order chi connectivity index (χ1) is 18.7. The number of aliphatic hydroxyl groups excluding tert-OH is 2. The van der Waals surface area contributed by atoms with Gasteiger partial charge in [-0.05, 0) is 38.8 Å². The molecule has 1 heterocycles. The molecule has 4 aliphatic rings. The topological polar surface area (TPSA) is 189 Å². The molecule has 4 rings (SSSR count). The summed E-state index contributed by atoms with van der Waals surface area (Å²) in [5, 5.41) is 50.1. The average Bonchev–Trinajstić information content (AvgIpc) is 2.85. The molecule has 2 saturated carbocycles. The van der Waals surface area contributed by atoms with Crippen molar-refractivity contribution in [2.45, 2.75) is 116 Å². The first kappa shape index (κ1) is 39.7. The van der Waals surface area contributed by atoms with Crippen LogP contribution in [0.3, 0.4) is 0 Å². The van der Waals surface area contributed by atoms with Crippen LogP contribution in [0.1, 0.15) is 68.2 Å². The monoisotopic (exact) mass is 1040 g/mol. The second kappa shape index (κ2) is 13.6. The number of aliphatic hydroxyl groups is 4. The van der Waals surface area contributed by atoms with Gasteiger partial charge in [0.15, 0.2) is 5.78 Å². The molecule has 0 aromatic rings. The number of hydrogen-bond acceptors (Lipinski definition) is 11. The first-order valence-corrected chi connectivity index (χ1v) is 14.1. The Kier molecular flexibility index (Phi) is 12.5. The Bertz CT molecular complexity index is 1190. The molecule has 1 aliphatic heterocycles. The number of Topliss-reactive ketones (excluding diaryl/α,β-unsaturated/α-hetero) is 1. The second-order valence-electron chi connectivity index (χ2n) is 13.2. The van der Waals surface area contributed by atoms with Crippen LogP contribution in [-0.2, 0) is 33.4 Å². The van der Waals surface area contributed by atoms with Crippen molar-refractivity contribution in [2.24, 2.45) is 22.7 Å². The zero-order valence-electron chi connectivity index (χ0n) is 26.0. The number of carbonyl (C=O) groups excluding carboxylic acids is 4. The number of fused-ring (bicyclic) bond motifs is 5. The number of ether oxygens (including phenoxy) is 3. The molecular formula is C29H43Ac2NO11. The molecule has 2 bridgehead atoms. The van der Waals surface area contributed by atoms with Gasteiger partial charge in [-0.3, -0.25) is 19.2 Å². The van der Waals surface area contributed by atoms with E-state index in [2.05, 4.69) is 5.32 Å². The summed E-state index contributed by atoms with van der Waals surface area (Å²) in [4.78, 5) is 51.5. The van der Waals surface area contributed by atoms with E-state index in [9.17, 15) is 39.6 Å². The third-order valence-electron chi connectivity index (χ3n) is 10.5. The maximum absolute atomic E-state index is 14.2. The fourth-order valence-corrected chi connectivity index (χ4v) is 7.70. The number of nitrogens with one attached hydrogen (secondary N) is 1. The van der Waals surface area contributed by atoms with Gasteiger partial charge in [0.25, 0.3) is 0 Å². The largest absolute Gasteiger partial charge is 0.459 e. The van der Waals surface area contributed by atoms with Gasteiger partial charge < -0.3 is 40.0 Å². The van der Waals surface area contributed by atoms with Crippen molar-refractivity contribution in [3.05, 3.63) is 11.1 Å². The van der Waals surface area contributed by atoms with Crippen molar-refractivity contribution in [1.29, 1.82) is 0 Å². The van der Waals surface area contributed by atoms with Crippen molar-refractivity contribution < 1.29 is 142 Å². The van der Waals surface area contributed by atoms with Crippen LogP contribution in [0.5, 0.6) is 0 Å². The molecular weight excluding hydrogens is 992 g/mol. The van der Waals surface area contributed by atoms with Crippen molar-refractivity contribution >= 4 is 23.6 Å². The third-order valence-corrected chi connectivity index (χ3v) is 10.5. The fourth-order valence-electron chi connectivity index (χ4n) is 7.70. The molecule has 0 aromatic carbocycles. The molecule has 2 unspecified atom stereocenters. The van der Waals surface area contributed by atoms with Crippen molar-refractivity contribution in [1.82, 2.24) is 5.32 Å². The van der Waals surface area contributed by atoms with Gasteiger partial charge in [-0.2, -0.15) is 0 Å². The predicted molar refractivity (Wildman–Crippen MR) is 142 cm³/mol. The standard InChI is InChI=1S/C29H43NO11.2Ac/c1-12(14(3)30-15(4)31)25(36)41-17-10-29(38)24(40-16(5)32)22-27(8,18(33)9-19-28(22,37)11-39-19)23(35)21(34)20(13(17)2)26(29,6)7;;/h12,14,17-19,21-22,24,33-34,37-38H,9-11H2,1-8H3,(H,30,31);;/t12?,14-,17?,18-,19+,21+,22-,24-,27+,28-,29+;;/m0../s1. The molecule has 5 N–H and O–H groups in total. The number of ketones is 1. The summed E-state index contributed by atoms with van der Waals surface area (Å²) in [6.45, 7) is 11.6. The van der Waals surface area contributed by atoms with Crippen molar-refractivity contribution in [3.8, 4) is 0 Å². The first-order valence-electron chi connectivity index (χ1n) is 14.1. The summed E-state index contributed by atoms with van der Waals surface area (Å²) in [6.07, 6.45) is -7.24. The molecule has 12 nitrogen and oxygen atoms in total. The van der Waals surface area contributed by atoms with E-state index >= 15 is 0 Å². The Labute approximate surface area is 323 Å². The Hall–Kier alpha value is 0.503. The Morgan fingerprint density at radius 3 is 2.12 bits per heavy atom. The van der Waals surface area contributed by atoms with Gasteiger partial charge in [-0.15, -0.1) is 0 Å². The summed E-state index contributed by atoms with van der Waals surface area (Å²) >= 11 is 0. The molecule has 3 aliphatic carbocycles. The number of hydrogen-bond donors (Lipinski definition) is 5. The number of carbonyl (C=O) groups is 4. The Balaban J connectivity index is 0.00000323. The normalized spacial score (nSPS) is 40.8. The van der Waals surface area contributed by atoms with Crippen LogP contribution >= 0.6 is 0 Å². The minimum Gasteiger partial charge on any atom is -0.459 e. The summed E-state index contributed by atoms with van der Waals surface area (Å²) < 4.78 is 17.2. The number of esters is 2. The molecule has 3 fully saturated rings. The molecule has 2 radical (unpaired) electrons. The zero-order chi connectivity index (χ0) is 31.0. The van der Waals surface area contributed by atoms with Gasteiger partial charge >= 0.3 is 11.9 Å². The summed E-state index contributed by atoms with van der Waals surface area (Å²) in [7, 11) is 0. The van der Waals surface area contributed by atoms with Crippen LogP contribution in [-0.4, -0.2) is 98.4 Å². The van der Waals surface area contributed by atoms with Gasteiger partial charge in [-0.25, -0.2) is 0 Å².